The largest absolute Gasteiger partial charge is 0.507 e. The average molecular weight is 417 g/mol. The molecule has 0 amide bonds. The molecule has 1 aliphatic rings. The first kappa shape index (κ1) is 18.7. The summed E-state index contributed by atoms with van der Waals surface area (Å²) in [5, 5.41) is 12.5. The molecule has 6 heteroatoms. The summed E-state index contributed by atoms with van der Waals surface area (Å²) in [6.45, 7) is 0. The van der Waals surface area contributed by atoms with E-state index >= 15 is 0 Å². The number of benzene rings is 4. The first-order valence-electron chi connectivity index (χ1n) is 9.50. The molecule has 0 spiro atoms. The minimum absolute atomic E-state index is 0.0276. The van der Waals surface area contributed by atoms with Gasteiger partial charge in [-0.1, -0.05) is 66.7 Å². The summed E-state index contributed by atoms with van der Waals surface area (Å²) in [5.41, 5.74) is 2.73. The van der Waals surface area contributed by atoms with Crippen molar-refractivity contribution in [3.05, 3.63) is 90.0 Å². The van der Waals surface area contributed by atoms with Crippen LogP contribution >= 0.6 is 0 Å². The van der Waals surface area contributed by atoms with Gasteiger partial charge in [0.2, 0.25) is 10.0 Å². The van der Waals surface area contributed by atoms with E-state index in [1.54, 1.807) is 43.5 Å². The second kappa shape index (κ2) is 6.86. The van der Waals surface area contributed by atoms with Gasteiger partial charge in [0.15, 0.2) is 0 Å². The third kappa shape index (κ3) is 2.76. The predicted octanol–water partition coefficient (Wildman–Crippen LogP) is 4.60. The second-order valence-electron chi connectivity index (χ2n) is 7.20. The van der Waals surface area contributed by atoms with E-state index < -0.39 is 16.1 Å². The lowest BCUT2D eigenvalue weighted by Gasteiger charge is -2.21. The SMILES string of the molecule is COc1cccc2c(O)c(C3NS(=O)(=O)c4ccccc4-c4ccccc43)ccc12. The van der Waals surface area contributed by atoms with Crippen LogP contribution < -0.4 is 9.46 Å². The number of ether oxygens (including phenoxy) is 1. The monoisotopic (exact) mass is 417 g/mol. The fourth-order valence-electron chi connectivity index (χ4n) is 4.17. The summed E-state index contributed by atoms with van der Waals surface area (Å²) in [4.78, 5) is 0.224. The molecule has 5 nitrogen and oxygen atoms in total. The number of rotatable bonds is 2. The van der Waals surface area contributed by atoms with E-state index in [-0.39, 0.29) is 10.6 Å². The summed E-state index contributed by atoms with van der Waals surface area (Å²) in [7, 11) is -2.24. The predicted molar refractivity (Wildman–Crippen MR) is 116 cm³/mol. The summed E-state index contributed by atoms with van der Waals surface area (Å²) in [6, 6.07) is 22.8. The zero-order valence-electron chi connectivity index (χ0n) is 16.2. The van der Waals surface area contributed by atoms with Crippen LogP contribution in [0.2, 0.25) is 0 Å². The molecule has 0 bridgehead atoms. The minimum Gasteiger partial charge on any atom is -0.507 e. The maximum absolute atomic E-state index is 13.2. The number of fused-ring (bicyclic) bond motifs is 4. The molecule has 5 rings (SSSR count). The third-order valence-corrected chi connectivity index (χ3v) is 7.05. The minimum atomic E-state index is -3.81. The highest BCUT2D eigenvalue weighted by Gasteiger charge is 2.33. The van der Waals surface area contributed by atoms with Crippen LogP contribution in [0.3, 0.4) is 0 Å². The van der Waals surface area contributed by atoms with Crippen molar-refractivity contribution in [3.8, 4) is 22.6 Å². The number of hydrogen-bond acceptors (Lipinski definition) is 4. The van der Waals surface area contributed by atoms with E-state index in [1.165, 1.54) is 0 Å². The highest BCUT2D eigenvalue weighted by Crippen LogP contribution is 2.43. The number of sulfonamides is 1. The van der Waals surface area contributed by atoms with Gasteiger partial charge in [0, 0.05) is 21.9 Å². The van der Waals surface area contributed by atoms with Gasteiger partial charge < -0.3 is 9.84 Å². The van der Waals surface area contributed by atoms with Crippen LogP contribution in [0.5, 0.6) is 11.5 Å². The Morgan fingerprint density at radius 3 is 2.33 bits per heavy atom. The highest BCUT2D eigenvalue weighted by atomic mass is 32.2. The van der Waals surface area contributed by atoms with E-state index in [2.05, 4.69) is 4.72 Å². The Labute approximate surface area is 174 Å². The molecule has 1 heterocycles. The summed E-state index contributed by atoms with van der Waals surface area (Å²) in [6.07, 6.45) is 0. The zero-order chi connectivity index (χ0) is 20.9. The molecule has 4 aromatic rings. The molecule has 1 aliphatic heterocycles. The number of aromatic hydroxyl groups is 1. The number of methoxy groups -OCH3 is 1. The molecule has 1 atom stereocenters. The number of nitrogens with one attached hydrogen (secondary N) is 1. The van der Waals surface area contributed by atoms with Crippen molar-refractivity contribution in [2.24, 2.45) is 0 Å². The van der Waals surface area contributed by atoms with Crippen LogP contribution in [0.25, 0.3) is 21.9 Å². The van der Waals surface area contributed by atoms with Crippen LogP contribution in [0.4, 0.5) is 0 Å². The average Bonchev–Trinajstić information content (AvgIpc) is 2.87. The van der Waals surface area contributed by atoms with Crippen LogP contribution in [-0.2, 0) is 10.0 Å². The van der Waals surface area contributed by atoms with Gasteiger partial charge in [-0.3, -0.25) is 0 Å². The first-order chi connectivity index (χ1) is 14.5. The number of phenolic OH excluding ortho intramolecular Hbond substituents is 1. The molecule has 30 heavy (non-hydrogen) atoms. The lowest BCUT2D eigenvalue weighted by molar-refractivity contribution is 0.419. The fraction of sp³-hybridized carbons (Fsp3) is 0.0833. The Balaban J connectivity index is 1.79. The van der Waals surface area contributed by atoms with Crippen LogP contribution in [0.1, 0.15) is 17.2 Å². The fourth-order valence-corrected chi connectivity index (χ4v) is 5.59. The molecule has 150 valence electrons. The Bertz CT molecular complexity index is 1400. The van der Waals surface area contributed by atoms with Crippen LogP contribution in [-0.4, -0.2) is 20.6 Å². The third-order valence-electron chi connectivity index (χ3n) is 5.57. The van der Waals surface area contributed by atoms with Crippen molar-refractivity contribution >= 4 is 20.8 Å². The van der Waals surface area contributed by atoms with E-state index in [1.807, 2.05) is 42.5 Å². The Morgan fingerprint density at radius 1 is 0.800 bits per heavy atom. The first-order valence-corrected chi connectivity index (χ1v) is 11.0. The van der Waals surface area contributed by atoms with Gasteiger partial charge in [-0.05, 0) is 23.3 Å². The van der Waals surface area contributed by atoms with Crippen molar-refractivity contribution in [1.82, 2.24) is 4.72 Å². The van der Waals surface area contributed by atoms with E-state index in [9.17, 15) is 13.5 Å². The van der Waals surface area contributed by atoms with Gasteiger partial charge in [0.1, 0.15) is 11.5 Å². The maximum Gasteiger partial charge on any atom is 0.242 e. The van der Waals surface area contributed by atoms with E-state index in [0.29, 0.717) is 22.3 Å². The zero-order valence-corrected chi connectivity index (χ0v) is 17.0. The van der Waals surface area contributed by atoms with Crippen molar-refractivity contribution in [1.29, 1.82) is 0 Å². The Hall–Kier alpha value is -3.35. The normalized spacial score (nSPS) is 17.0. The quantitative estimate of drug-likeness (QED) is 0.500. The van der Waals surface area contributed by atoms with Crippen molar-refractivity contribution in [2.45, 2.75) is 10.9 Å². The van der Waals surface area contributed by atoms with Crippen molar-refractivity contribution < 1.29 is 18.3 Å². The molecule has 4 aromatic carbocycles. The van der Waals surface area contributed by atoms with Crippen LogP contribution in [0, 0.1) is 0 Å². The van der Waals surface area contributed by atoms with E-state index in [0.717, 1.165) is 16.5 Å². The Morgan fingerprint density at radius 2 is 1.53 bits per heavy atom. The molecule has 1 unspecified atom stereocenters. The highest BCUT2D eigenvalue weighted by molar-refractivity contribution is 7.89. The van der Waals surface area contributed by atoms with Gasteiger partial charge in [-0.2, -0.15) is 4.72 Å². The van der Waals surface area contributed by atoms with Crippen LogP contribution in [0.15, 0.2) is 83.8 Å². The van der Waals surface area contributed by atoms with E-state index in [4.69, 9.17) is 4.74 Å². The van der Waals surface area contributed by atoms with Gasteiger partial charge >= 0.3 is 0 Å². The lowest BCUT2D eigenvalue weighted by atomic mass is 9.90. The summed E-state index contributed by atoms with van der Waals surface area (Å²) < 4.78 is 34.6. The smallest absolute Gasteiger partial charge is 0.242 e. The summed E-state index contributed by atoms with van der Waals surface area (Å²) >= 11 is 0. The molecule has 0 aromatic heterocycles. The number of phenols is 1. The Kier molecular flexibility index (Phi) is 4.27. The second-order valence-corrected chi connectivity index (χ2v) is 8.88. The van der Waals surface area contributed by atoms with Crippen molar-refractivity contribution in [2.75, 3.05) is 7.11 Å². The van der Waals surface area contributed by atoms with Gasteiger partial charge in [-0.15, -0.1) is 0 Å². The van der Waals surface area contributed by atoms with Gasteiger partial charge in [0.05, 0.1) is 18.0 Å². The standard InChI is InChI=1S/C24H19NO4S/c1-29-21-11-6-10-19-16(21)13-14-20(24(19)26)23-18-9-3-2-7-15(18)17-8-4-5-12-22(17)30(27,28)25-23/h2-14,23,25-26H,1H3. The molecule has 0 aliphatic carbocycles. The molecule has 0 fully saturated rings. The number of hydrogen-bond donors (Lipinski definition) is 2. The lowest BCUT2D eigenvalue weighted by Crippen LogP contribution is -2.28. The molecule has 2 N–H and O–H groups in total. The topological polar surface area (TPSA) is 75.6 Å². The maximum atomic E-state index is 13.2. The molecular weight excluding hydrogens is 398 g/mol. The van der Waals surface area contributed by atoms with Crippen molar-refractivity contribution in [3.63, 3.8) is 0 Å². The molecule has 0 radical (unpaired) electrons. The van der Waals surface area contributed by atoms with Gasteiger partial charge in [0.25, 0.3) is 0 Å². The summed E-state index contributed by atoms with van der Waals surface area (Å²) in [5.74, 6) is 0.670. The molecule has 0 saturated carbocycles. The van der Waals surface area contributed by atoms with Gasteiger partial charge in [-0.25, -0.2) is 8.42 Å². The molecular formula is C24H19NO4S. The molecule has 0 saturated heterocycles.